The second kappa shape index (κ2) is 3.79. The quantitative estimate of drug-likeness (QED) is 0.416. The molecular formula is C9H11NO2S. The zero-order valence-electron chi connectivity index (χ0n) is 7.83. The molecule has 0 atom stereocenters. The monoisotopic (exact) mass is 197 g/mol. The fourth-order valence-corrected chi connectivity index (χ4v) is 2.13. The molecule has 0 saturated heterocycles. The van der Waals surface area contributed by atoms with Gasteiger partial charge in [0.25, 0.3) is 5.69 Å². The van der Waals surface area contributed by atoms with Crippen molar-refractivity contribution in [1.29, 1.82) is 0 Å². The third kappa shape index (κ3) is 1.83. The summed E-state index contributed by atoms with van der Waals surface area (Å²) in [5.41, 5.74) is 2.06. The highest BCUT2D eigenvalue weighted by atomic mass is 32.2. The number of aryl methyl sites for hydroxylation is 1. The number of nitro benzene ring substituents is 1. The Kier molecular flexibility index (Phi) is 2.93. The van der Waals surface area contributed by atoms with Crippen LogP contribution in [0.15, 0.2) is 17.0 Å². The Hall–Kier alpha value is -1.03. The van der Waals surface area contributed by atoms with Crippen molar-refractivity contribution in [2.24, 2.45) is 0 Å². The number of hydrogen-bond acceptors (Lipinski definition) is 3. The molecule has 0 aliphatic carbocycles. The van der Waals surface area contributed by atoms with Crippen LogP contribution >= 0.6 is 11.8 Å². The van der Waals surface area contributed by atoms with Gasteiger partial charge in [0.1, 0.15) is 0 Å². The van der Waals surface area contributed by atoms with Gasteiger partial charge in [-0.2, -0.15) is 0 Å². The Balaban J connectivity index is 3.35. The first kappa shape index (κ1) is 10.1. The van der Waals surface area contributed by atoms with Gasteiger partial charge in [0, 0.05) is 16.5 Å². The lowest BCUT2D eigenvalue weighted by molar-refractivity contribution is -0.385. The molecule has 0 saturated carbocycles. The maximum Gasteiger partial charge on any atom is 0.273 e. The fraction of sp³-hybridized carbons (Fsp3) is 0.333. The molecule has 0 fully saturated rings. The number of benzene rings is 1. The maximum absolute atomic E-state index is 10.6. The number of thioether (sulfide) groups is 1. The lowest BCUT2D eigenvalue weighted by atomic mass is 10.1. The van der Waals surface area contributed by atoms with Crippen molar-refractivity contribution in [2.75, 3.05) is 6.26 Å². The van der Waals surface area contributed by atoms with E-state index in [4.69, 9.17) is 0 Å². The van der Waals surface area contributed by atoms with Crippen molar-refractivity contribution in [3.05, 3.63) is 33.4 Å². The highest BCUT2D eigenvalue weighted by Crippen LogP contribution is 2.30. The van der Waals surface area contributed by atoms with Gasteiger partial charge in [0.2, 0.25) is 0 Å². The van der Waals surface area contributed by atoms with Crippen LogP contribution in [0.25, 0.3) is 0 Å². The molecule has 0 heterocycles. The molecule has 3 nitrogen and oxygen atoms in total. The fourth-order valence-electron chi connectivity index (χ4n) is 1.33. The summed E-state index contributed by atoms with van der Waals surface area (Å²) in [6.45, 7) is 3.75. The van der Waals surface area contributed by atoms with Crippen LogP contribution in [0, 0.1) is 24.0 Å². The predicted molar refractivity (Wildman–Crippen MR) is 54.4 cm³/mol. The summed E-state index contributed by atoms with van der Waals surface area (Å²) in [5, 5.41) is 10.6. The van der Waals surface area contributed by atoms with Crippen LogP contribution in [0.5, 0.6) is 0 Å². The molecule has 13 heavy (non-hydrogen) atoms. The van der Waals surface area contributed by atoms with E-state index >= 15 is 0 Å². The molecule has 4 heteroatoms. The molecule has 0 bridgehead atoms. The van der Waals surface area contributed by atoms with Gasteiger partial charge < -0.3 is 0 Å². The molecule has 0 aromatic heterocycles. The summed E-state index contributed by atoms with van der Waals surface area (Å²) in [6.07, 6.45) is 1.93. The van der Waals surface area contributed by atoms with Gasteiger partial charge >= 0.3 is 0 Å². The Morgan fingerprint density at radius 1 is 1.38 bits per heavy atom. The first-order valence-electron chi connectivity index (χ1n) is 3.86. The summed E-state index contributed by atoms with van der Waals surface area (Å²) in [6, 6.07) is 3.35. The molecular weight excluding hydrogens is 186 g/mol. The van der Waals surface area contributed by atoms with E-state index in [9.17, 15) is 10.1 Å². The van der Waals surface area contributed by atoms with E-state index in [0.717, 1.165) is 16.0 Å². The minimum atomic E-state index is -0.339. The van der Waals surface area contributed by atoms with Crippen LogP contribution < -0.4 is 0 Å². The van der Waals surface area contributed by atoms with E-state index in [0.29, 0.717) is 0 Å². The van der Waals surface area contributed by atoms with Crippen LogP contribution in [0.2, 0.25) is 0 Å². The highest BCUT2D eigenvalue weighted by molar-refractivity contribution is 7.98. The molecule has 0 unspecified atom stereocenters. The molecule has 0 amide bonds. The lowest BCUT2D eigenvalue weighted by Crippen LogP contribution is -1.94. The average Bonchev–Trinajstić information content (AvgIpc) is 2.04. The van der Waals surface area contributed by atoms with Crippen molar-refractivity contribution in [3.8, 4) is 0 Å². The van der Waals surface area contributed by atoms with Gasteiger partial charge in [0.05, 0.1) is 4.92 Å². The highest BCUT2D eigenvalue weighted by Gasteiger charge is 2.14. The van der Waals surface area contributed by atoms with E-state index < -0.39 is 0 Å². The number of rotatable bonds is 2. The SMILES string of the molecule is CSc1c(C)ccc([N+](=O)[O-])c1C. The summed E-state index contributed by atoms with van der Waals surface area (Å²) < 4.78 is 0. The van der Waals surface area contributed by atoms with E-state index in [1.165, 1.54) is 0 Å². The van der Waals surface area contributed by atoms with Crippen molar-refractivity contribution in [1.82, 2.24) is 0 Å². The van der Waals surface area contributed by atoms with E-state index in [2.05, 4.69) is 0 Å². The van der Waals surface area contributed by atoms with Gasteiger partial charge in [-0.25, -0.2) is 0 Å². The van der Waals surface area contributed by atoms with E-state index in [1.54, 1.807) is 30.8 Å². The van der Waals surface area contributed by atoms with Gasteiger partial charge in [-0.05, 0) is 25.7 Å². The number of nitro groups is 1. The summed E-state index contributed by atoms with van der Waals surface area (Å²) in [7, 11) is 0. The summed E-state index contributed by atoms with van der Waals surface area (Å²) in [5.74, 6) is 0. The van der Waals surface area contributed by atoms with E-state index in [1.807, 2.05) is 13.2 Å². The first-order chi connectivity index (χ1) is 6.07. The molecule has 0 spiro atoms. The lowest BCUT2D eigenvalue weighted by Gasteiger charge is -2.06. The molecule has 1 rings (SSSR count). The maximum atomic E-state index is 10.6. The summed E-state index contributed by atoms with van der Waals surface area (Å²) >= 11 is 1.55. The Labute approximate surface area is 81.3 Å². The van der Waals surface area contributed by atoms with Crippen LogP contribution in [0.1, 0.15) is 11.1 Å². The topological polar surface area (TPSA) is 43.1 Å². The van der Waals surface area contributed by atoms with Crippen molar-refractivity contribution >= 4 is 17.4 Å². The van der Waals surface area contributed by atoms with Gasteiger partial charge in [0.15, 0.2) is 0 Å². The molecule has 0 N–H and O–H groups in total. The number of hydrogen-bond donors (Lipinski definition) is 0. The van der Waals surface area contributed by atoms with Crippen LogP contribution in [-0.4, -0.2) is 11.2 Å². The second-order valence-corrected chi connectivity index (χ2v) is 3.63. The molecule has 1 aromatic rings. The molecule has 1 aromatic carbocycles. The third-order valence-corrected chi connectivity index (χ3v) is 3.01. The summed E-state index contributed by atoms with van der Waals surface area (Å²) in [4.78, 5) is 11.3. The largest absolute Gasteiger partial charge is 0.273 e. The standard InChI is InChI=1S/C9H11NO2S/c1-6-4-5-8(10(11)12)7(2)9(6)13-3/h4-5H,1-3H3. The van der Waals surface area contributed by atoms with Gasteiger partial charge in [-0.3, -0.25) is 10.1 Å². The van der Waals surface area contributed by atoms with Crippen LogP contribution in [-0.2, 0) is 0 Å². The molecule has 0 aliphatic rings. The zero-order chi connectivity index (χ0) is 10.0. The molecule has 70 valence electrons. The minimum absolute atomic E-state index is 0.204. The van der Waals surface area contributed by atoms with Crippen molar-refractivity contribution in [2.45, 2.75) is 18.7 Å². The Bertz CT molecular complexity index is 350. The Morgan fingerprint density at radius 3 is 2.46 bits per heavy atom. The van der Waals surface area contributed by atoms with E-state index in [-0.39, 0.29) is 10.6 Å². The Morgan fingerprint density at radius 2 is 2.00 bits per heavy atom. The van der Waals surface area contributed by atoms with Crippen molar-refractivity contribution in [3.63, 3.8) is 0 Å². The first-order valence-corrected chi connectivity index (χ1v) is 5.09. The van der Waals surface area contributed by atoms with Crippen LogP contribution in [0.3, 0.4) is 0 Å². The third-order valence-electron chi connectivity index (χ3n) is 1.97. The molecule has 0 aliphatic heterocycles. The smallest absolute Gasteiger partial charge is 0.258 e. The predicted octanol–water partition coefficient (Wildman–Crippen LogP) is 2.93. The van der Waals surface area contributed by atoms with Crippen molar-refractivity contribution < 1.29 is 4.92 Å². The number of nitrogens with zero attached hydrogens (tertiary/aromatic N) is 1. The van der Waals surface area contributed by atoms with Crippen LogP contribution in [0.4, 0.5) is 5.69 Å². The minimum Gasteiger partial charge on any atom is -0.258 e. The van der Waals surface area contributed by atoms with Gasteiger partial charge in [-0.1, -0.05) is 6.07 Å². The normalized spacial score (nSPS) is 10.1. The zero-order valence-corrected chi connectivity index (χ0v) is 8.64. The average molecular weight is 197 g/mol. The molecule has 0 radical (unpaired) electrons. The second-order valence-electron chi connectivity index (χ2n) is 2.82. The van der Waals surface area contributed by atoms with Gasteiger partial charge in [-0.15, -0.1) is 11.8 Å².